The summed E-state index contributed by atoms with van der Waals surface area (Å²) >= 11 is 0. The van der Waals surface area contributed by atoms with Gasteiger partial charge in [0, 0.05) is 24.7 Å². The Balaban J connectivity index is 2.00. The molecule has 0 amide bonds. The van der Waals surface area contributed by atoms with E-state index < -0.39 is 5.97 Å². The number of carbonyl (C=O) groups is 1. The highest BCUT2D eigenvalue weighted by molar-refractivity contribution is 5.69. The van der Waals surface area contributed by atoms with Crippen LogP contribution in [0.1, 0.15) is 39.5 Å². The van der Waals surface area contributed by atoms with E-state index in [2.05, 4.69) is 30.7 Å². The van der Waals surface area contributed by atoms with Gasteiger partial charge in [-0.05, 0) is 38.6 Å². The normalized spacial score (nSPS) is 32.4. The summed E-state index contributed by atoms with van der Waals surface area (Å²) in [6.07, 6.45) is 4.88. The Morgan fingerprint density at radius 2 is 1.89 bits per heavy atom. The Kier molecular flexibility index (Phi) is 4.28. The Morgan fingerprint density at radius 1 is 1.33 bits per heavy atom. The zero-order valence-electron chi connectivity index (χ0n) is 11.8. The first-order valence-corrected chi connectivity index (χ1v) is 7.15. The van der Waals surface area contributed by atoms with E-state index in [4.69, 9.17) is 5.11 Å². The molecule has 4 heteroatoms. The number of aliphatic carboxylic acids is 1. The third-order valence-electron chi connectivity index (χ3n) is 4.53. The van der Waals surface area contributed by atoms with Crippen LogP contribution in [0.5, 0.6) is 0 Å². The fraction of sp³-hybridized carbons (Fsp3) is 0.929. The van der Waals surface area contributed by atoms with E-state index in [1.54, 1.807) is 0 Å². The average molecular weight is 254 g/mol. The molecule has 0 aliphatic carbocycles. The van der Waals surface area contributed by atoms with E-state index in [0.29, 0.717) is 24.0 Å². The number of carboxylic acid groups (broad SMARTS) is 1. The van der Waals surface area contributed by atoms with Crippen LogP contribution >= 0.6 is 0 Å². The van der Waals surface area contributed by atoms with Gasteiger partial charge in [0.05, 0.1) is 6.54 Å². The molecular weight excluding hydrogens is 228 g/mol. The SMILES string of the molecule is CC(C)CN(CC(=O)O)C1CC2CCC(C1)N2C. The maximum absolute atomic E-state index is 11.0. The molecule has 2 saturated heterocycles. The van der Waals surface area contributed by atoms with E-state index in [1.807, 2.05) is 0 Å². The molecular formula is C14H26N2O2. The molecule has 0 radical (unpaired) electrons. The van der Waals surface area contributed by atoms with Crippen LogP contribution < -0.4 is 0 Å². The minimum Gasteiger partial charge on any atom is -0.480 e. The van der Waals surface area contributed by atoms with Crippen LogP contribution in [0.25, 0.3) is 0 Å². The molecule has 2 atom stereocenters. The van der Waals surface area contributed by atoms with Crippen molar-refractivity contribution in [2.75, 3.05) is 20.1 Å². The van der Waals surface area contributed by atoms with E-state index in [9.17, 15) is 4.79 Å². The smallest absolute Gasteiger partial charge is 0.317 e. The fourth-order valence-corrected chi connectivity index (χ4v) is 3.67. The molecule has 0 saturated carbocycles. The average Bonchev–Trinajstić information content (AvgIpc) is 2.51. The van der Waals surface area contributed by atoms with Gasteiger partial charge in [-0.3, -0.25) is 9.69 Å². The van der Waals surface area contributed by atoms with Crippen LogP contribution in [0.3, 0.4) is 0 Å². The topological polar surface area (TPSA) is 43.8 Å². The summed E-state index contributed by atoms with van der Waals surface area (Å²) in [6.45, 7) is 5.43. The molecule has 0 aromatic rings. The first kappa shape index (κ1) is 13.8. The van der Waals surface area contributed by atoms with Gasteiger partial charge in [-0.1, -0.05) is 13.8 Å². The maximum Gasteiger partial charge on any atom is 0.317 e. The third-order valence-corrected chi connectivity index (χ3v) is 4.53. The Morgan fingerprint density at radius 3 is 2.33 bits per heavy atom. The van der Waals surface area contributed by atoms with Crippen molar-refractivity contribution < 1.29 is 9.90 Å². The van der Waals surface area contributed by atoms with Crippen LogP contribution in [0.15, 0.2) is 0 Å². The number of piperidine rings is 1. The standard InChI is InChI=1S/C14H26N2O2/c1-10(2)8-16(9-14(17)18)13-6-11-4-5-12(7-13)15(11)3/h10-13H,4-9H2,1-3H3,(H,17,18). The van der Waals surface area contributed by atoms with Gasteiger partial charge in [-0.25, -0.2) is 0 Å². The van der Waals surface area contributed by atoms with Gasteiger partial charge in [0.15, 0.2) is 0 Å². The number of nitrogens with zero attached hydrogens (tertiary/aromatic N) is 2. The van der Waals surface area contributed by atoms with Gasteiger partial charge in [0.25, 0.3) is 0 Å². The lowest BCUT2D eigenvalue weighted by Gasteiger charge is -2.41. The molecule has 0 spiro atoms. The number of hydrogen-bond donors (Lipinski definition) is 1. The molecule has 2 bridgehead atoms. The van der Waals surface area contributed by atoms with E-state index in [-0.39, 0.29) is 6.54 Å². The van der Waals surface area contributed by atoms with Crippen molar-refractivity contribution in [2.24, 2.45) is 5.92 Å². The second-order valence-electron chi connectivity index (χ2n) is 6.39. The lowest BCUT2D eigenvalue weighted by Crippen LogP contribution is -2.51. The predicted octanol–water partition coefficient (Wildman–Crippen LogP) is 1.65. The van der Waals surface area contributed by atoms with Crippen molar-refractivity contribution in [1.82, 2.24) is 9.80 Å². The zero-order valence-corrected chi connectivity index (χ0v) is 11.8. The quantitative estimate of drug-likeness (QED) is 0.810. The van der Waals surface area contributed by atoms with Crippen LogP contribution in [0.4, 0.5) is 0 Å². The summed E-state index contributed by atoms with van der Waals surface area (Å²) in [5.41, 5.74) is 0. The molecule has 0 aromatic heterocycles. The van der Waals surface area contributed by atoms with E-state index in [1.165, 1.54) is 12.8 Å². The summed E-state index contributed by atoms with van der Waals surface area (Å²) < 4.78 is 0. The second-order valence-corrected chi connectivity index (χ2v) is 6.39. The molecule has 2 aliphatic rings. The molecule has 2 fully saturated rings. The van der Waals surface area contributed by atoms with Gasteiger partial charge in [-0.15, -0.1) is 0 Å². The van der Waals surface area contributed by atoms with Crippen LogP contribution in [-0.4, -0.2) is 59.1 Å². The van der Waals surface area contributed by atoms with Crippen LogP contribution in [0.2, 0.25) is 0 Å². The Labute approximate surface area is 110 Å². The zero-order chi connectivity index (χ0) is 13.3. The van der Waals surface area contributed by atoms with E-state index >= 15 is 0 Å². The number of rotatable bonds is 5. The van der Waals surface area contributed by atoms with Crippen molar-refractivity contribution in [3.63, 3.8) is 0 Å². The summed E-state index contributed by atoms with van der Waals surface area (Å²) in [5, 5.41) is 9.07. The Bertz CT molecular complexity index is 292. The molecule has 2 rings (SSSR count). The highest BCUT2D eigenvalue weighted by atomic mass is 16.4. The summed E-state index contributed by atoms with van der Waals surface area (Å²) in [4.78, 5) is 15.7. The maximum atomic E-state index is 11.0. The predicted molar refractivity (Wildman–Crippen MR) is 71.6 cm³/mol. The van der Waals surface area contributed by atoms with Crippen molar-refractivity contribution in [2.45, 2.75) is 57.7 Å². The molecule has 18 heavy (non-hydrogen) atoms. The van der Waals surface area contributed by atoms with Gasteiger partial charge >= 0.3 is 5.97 Å². The minimum absolute atomic E-state index is 0.200. The van der Waals surface area contributed by atoms with Crippen LogP contribution in [-0.2, 0) is 4.79 Å². The molecule has 2 unspecified atom stereocenters. The second kappa shape index (κ2) is 5.57. The summed E-state index contributed by atoms with van der Waals surface area (Å²) in [7, 11) is 2.22. The van der Waals surface area contributed by atoms with Gasteiger partial charge in [0.1, 0.15) is 0 Å². The van der Waals surface area contributed by atoms with Crippen molar-refractivity contribution in [1.29, 1.82) is 0 Å². The fourth-order valence-electron chi connectivity index (χ4n) is 3.67. The third kappa shape index (κ3) is 3.04. The monoisotopic (exact) mass is 254 g/mol. The van der Waals surface area contributed by atoms with Gasteiger partial charge in [0.2, 0.25) is 0 Å². The van der Waals surface area contributed by atoms with Crippen molar-refractivity contribution in [3.8, 4) is 0 Å². The van der Waals surface area contributed by atoms with Crippen LogP contribution in [0, 0.1) is 5.92 Å². The summed E-state index contributed by atoms with van der Waals surface area (Å²) in [5.74, 6) is -0.163. The number of fused-ring (bicyclic) bond motifs is 2. The molecule has 1 N–H and O–H groups in total. The lowest BCUT2D eigenvalue weighted by atomic mass is 9.95. The first-order valence-electron chi connectivity index (χ1n) is 7.15. The molecule has 2 heterocycles. The Hall–Kier alpha value is -0.610. The molecule has 104 valence electrons. The lowest BCUT2D eigenvalue weighted by molar-refractivity contribution is -0.139. The molecule has 2 aliphatic heterocycles. The number of hydrogen-bond acceptors (Lipinski definition) is 3. The highest BCUT2D eigenvalue weighted by Gasteiger charge is 2.40. The molecule has 0 aromatic carbocycles. The van der Waals surface area contributed by atoms with Gasteiger partial charge < -0.3 is 10.0 Å². The van der Waals surface area contributed by atoms with Crippen molar-refractivity contribution >= 4 is 5.97 Å². The minimum atomic E-state index is -0.693. The van der Waals surface area contributed by atoms with Gasteiger partial charge in [-0.2, -0.15) is 0 Å². The largest absolute Gasteiger partial charge is 0.480 e. The van der Waals surface area contributed by atoms with E-state index in [0.717, 1.165) is 19.4 Å². The summed E-state index contributed by atoms with van der Waals surface area (Å²) in [6, 6.07) is 1.83. The van der Waals surface area contributed by atoms with Crippen molar-refractivity contribution in [3.05, 3.63) is 0 Å². The first-order chi connectivity index (χ1) is 8.47. The molecule has 4 nitrogen and oxygen atoms in total. The number of carboxylic acids is 1. The highest BCUT2D eigenvalue weighted by Crippen LogP contribution is 2.36.